The lowest BCUT2D eigenvalue weighted by Gasteiger charge is -2.15. The Morgan fingerprint density at radius 3 is 2.56 bits per heavy atom. The zero-order valence-electron chi connectivity index (χ0n) is 25.0. The number of pyridine rings is 1. The van der Waals surface area contributed by atoms with Crippen molar-refractivity contribution in [3.63, 3.8) is 0 Å². The number of sulfonamides is 1. The Kier molecular flexibility index (Phi) is 7.48. The molecule has 0 saturated heterocycles. The van der Waals surface area contributed by atoms with Gasteiger partial charge in [0.15, 0.2) is 23.1 Å². The minimum atomic E-state index is -4.46. The van der Waals surface area contributed by atoms with Gasteiger partial charge in [0.05, 0.1) is 27.2 Å². The summed E-state index contributed by atoms with van der Waals surface area (Å²) in [6, 6.07) is 15.4. The summed E-state index contributed by atoms with van der Waals surface area (Å²) in [6.45, 7) is 1.36. The Morgan fingerprint density at radius 2 is 1.77 bits per heavy atom. The van der Waals surface area contributed by atoms with Gasteiger partial charge in [0.1, 0.15) is 29.2 Å². The summed E-state index contributed by atoms with van der Waals surface area (Å²) in [4.78, 5) is 25.6. The molecule has 0 aliphatic heterocycles. The van der Waals surface area contributed by atoms with Crippen molar-refractivity contribution in [2.45, 2.75) is 30.3 Å². The molecule has 48 heavy (non-hydrogen) atoms. The molecule has 1 aliphatic carbocycles. The Labute approximate surface area is 270 Å². The first-order valence-corrected chi connectivity index (χ1v) is 16.1. The second-order valence-corrected chi connectivity index (χ2v) is 13.0. The number of hydrogen-bond donors (Lipinski definition) is 4. The van der Waals surface area contributed by atoms with Gasteiger partial charge in [-0.25, -0.2) is 41.2 Å². The molecule has 3 aromatic carbocycles. The lowest BCUT2D eigenvalue weighted by atomic mass is 10.2. The van der Waals surface area contributed by atoms with E-state index >= 15 is 8.78 Å². The normalized spacial score (nSPS) is 13.9. The number of halogens is 3. The van der Waals surface area contributed by atoms with E-state index in [0.717, 1.165) is 30.6 Å². The molecule has 3 aromatic heterocycles. The number of para-hydroxylation sites is 1. The third-order valence-corrected chi connectivity index (χ3v) is 9.49. The number of carbonyl (C=O) groups is 1. The number of anilines is 3. The second kappa shape index (κ2) is 11.6. The van der Waals surface area contributed by atoms with Crippen LogP contribution in [0.15, 0.2) is 78.0 Å². The van der Waals surface area contributed by atoms with Gasteiger partial charge in [0.25, 0.3) is 15.9 Å². The van der Waals surface area contributed by atoms with Crippen LogP contribution in [0.1, 0.15) is 28.9 Å². The lowest BCUT2D eigenvalue weighted by molar-refractivity contribution is 0.0892. The fourth-order valence-electron chi connectivity index (χ4n) is 5.14. The number of fused-ring (bicyclic) bond motifs is 2. The average molecular weight is 675 g/mol. The number of rotatable bonds is 9. The summed E-state index contributed by atoms with van der Waals surface area (Å²) in [6.07, 6.45) is 2.36. The van der Waals surface area contributed by atoms with Gasteiger partial charge in [-0.05, 0) is 62.2 Å². The van der Waals surface area contributed by atoms with Crippen molar-refractivity contribution in [3.05, 3.63) is 102 Å². The smallest absolute Gasteiger partial charge is 0.272 e. The van der Waals surface area contributed by atoms with Crippen LogP contribution in [0, 0.1) is 24.4 Å². The minimum Gasteiger partial charge on any atom is -0.388 e. The van der Waals surface area contributed by atoms with Crippen LogP contribution in [0.4, 0.5) is 30.4 Å². The van der Waals surface area contributed by atoms with Crippen molar-refractivity contribution in [2.75, 3.05) is 16.6 Å². The summed E-state index contributed by atoms with van der Waals surface area (Å²) < 4.78 is 74.4. The maximum atomic E-state index is 15.7. The molecule has 1 amide bonds. The zero-order chi connectivity index (χ0) is 33.8. The number of benzene rings is 3. The van der Waals surface area contributed by atoms with Crippen molar-refractivity contribution in [3.8, 4) is 5.82 Å². The van der Waals surface area contributed by atoms with Crippen LogP contribution in [0.5, 0.6) is 0 Å². The number of nitrogens with zero attached hydrogens (tertiary/aromatic N) is 5. The zero-order valence-corrected chi connectivity index (χ0v) is 25.8. The van der Waals surface area contributed by atoms with E-state index in [9.17, 15) is 22.7 Å². The molecule has 1 fully saturated rings. The molecule has 3 heterocycles. The van der Waals surface area contributed by atoms with E-state index in [1.54, 1.807) is 36.4 Å². The molecule has 6 aromatic rings. The minimum absolute atomic E-state index is 0.0803. The highest BCUT2D eigenvalue weighted by molar-refractivity contribution is 7.92. The number of aromatic nitrogens is 5. The molecule has 4 N–H and O–H groups in total. The van der Waals surface area contributed by atoms with Crippen LogP contribution in [0.25, 0.3) is 27.8 Å². The molecule has 0 atom stereocenters. The maximum Gasteiger partial charge on any atom is 0.272 e. The van der Waals surface area contributed by atoms with Crippen molar-refractivity contribution in [2.24, 2.45) is 0 Å². The molecule has 1 saturated carbocycles. The van der Waals surface area contributed by atoms with E-state index in [1.165, 1.54) is 17.7 Å². The number of hydrogen-bond acceptors (Lipinski definition) is 9. The summed E-state index contributed by atoms with van der Waals surface area (Å²) in [5, 5.41) is 20.5. The van der Waals surface area contributed by atoms with Crippen LogP contribution >= 0.6 is 0 Å². The maximum absolute atomic E-state index is 15.7. The first-order chi connectivity index (χ1) is 22.9. The van der Waals surface area contributed by atoms with E-state index in [4.69, 9.17) is 0 Å². The van der Waals surface area contributed by atoms with Gasteiger partial charge < -0.3 is 15.7 Å². The number of aliphatic hydroxyl groups is 1. The van der Waals surface area contributed by atoms with Crippen LogP contribution < -0.4 is 15.4 Å². The summed E-state index contributed by atoms with van der Waals surface area (Å²) in [5.41, 5.74) is -1.39. The van der Waals surface area contributed by atoms with E-state index in [0.29, 0.717) is 29.3 Å². The molecule has 1 aliphatic rings. The topological polar surface area (TPSA) is 164 Å². The first-order valence-electron chi connectivity index (χ1n) is 14.6. The predicted molar refractivity (Wildman–Crippen MR) is 170 cm³/mol. The summed E-state index contributed by atoms with van der Waals surface area (Å²) in [5.74, 6) is -3.49. The molecule has 244 valence electrons. The Morgan fingerprint density at radius 1 is 0.979 bits per heavy atom. The predicted octanol–water partition coefficient (Wildman–Crippen LogP) is 4.89. The molecule has 0 bridgehead atoms. The summed E-state index contributed by atoms with van der Waals surface area (Å²) >= 11 is 0. The van der Waals surface area contributed by atoms with Gasteiger partial charge in [0.2, 0.25) is 0 Å². The number of amides is 1. The van der Waals surface area contributed by atoms with Crippen LogP contribution in [0.2, 0.25) is 0 Å². The highest BCUT2D eigenvalue weighted by Gasteiger charge is 2.40. The highest BCUT2D eigenvalue weighted by Crippen LogP contribution is 2.35. The van der Waals surface area contributed by atoms with Crippen LogP contribution in [-0.4, -0.2) is 56.3 Å². The van der Waals surface area contributed by atoms with E-state index in [2.05, 4.69) is 35.4 Å². The molecule has 0 spiro atoms. The lowest BCUT2D eigenvalue weighted by Crippen LogP contribution is -2.33. The number of nitrogens with one attached hydrogen (secondary N) is 3. The van der Waals surface area contributed by atoms with Gasteiger partial charge in [0, 0.05) is 17.5 Å². The average Bonchev–Trinajstić information content (AvgIpc) is 3.69. The van der Waals surface area contributed by atoms with E-state index in [-0.39, 0.29) is 35.0 Å². The van der Waals surface area contributed by atoms with Crippen LogP contribution in [-0.2, 0) is 10.0 Å². The fourth-order valence-corrected chi connectivity index (χ4v) is 6.46. The monoisotopic (exact) mass is 674 g/mol. The third-order valence-electron chi connectivity index (χ3n) is 7.98. The Balaban J connectivity index is 1.24. The SMILES string of the molecule is Cc1c(F)cccc1S(=O)(=O)Nc1ccc(F)c(Nc2ncnc3ccc(-n4nc(C(=O)NCC5(O)CC5)c5ccccc54)nc23)c1F. The van der Waals surface area contributed by atoms with Crippen molar-refractivity contribution in [1.29, 1.82) is 0 Å². The molecular weight excluding hydrogens is 649 g/mol. The summed E-state index contributed by atoms with van der Waals surface area (Å²) in [7, 11) is -4.46. The van der Waals surface area contributed by atoms with Gasteiger partial charge >= 0.3 is 0 Å². The molecule has 0 radical (unpaired) electrons. The second-order valence-electron chi connectivity index (χ2n) is 11.3. The quantitative estimate of drug-likeness (QED) is 0.167. The van der Waals surface area contributed by atoms with Crippen molar-refractivity contribution in [1.82, 2.24) is 30.0 Å². The van der Waals surface area contributed by atoms with Gasteiger partial charge in [-0.2, -0.15) is 5.10 Å². The molecule has 7 rings (SSSR count). The van der Waals surface area contributed by atoms with Crippen molar-refractivity contribution >= 4 is 55.1 Å². The first kappa shape index (κ1) is 31.0. The third kappa shape index (κ3) is 5.64. The van der Waals surface area contributed by atoms with E-state index < -0.39 is 55.3 Å². The van der Waals surface area contributed by atoms with Crippen molar-refractivity contribution < 1.29 is 31.5 Å². The van der Waals surface area contributed by atoms with Crippen LogP contribution in [0.3, 0.4) is 0 Å². The molecular formula is C32H25F3N8O4S. The molecule has 0 unspecified atom stereocenters. The van der Waals surface area contributed by atoms with Gasteiger partial charge in [-0.3, -0.25) is 9.52 Å². The van der Waals surface area contributed by atoms with Gasteiger partial charge in [-0.15, -0.1) is 0 Å². The largest absolute Gasteiger partial charge is 0.388 e. The standard InChI is InChI=1S/C32H25F3N8O4S/c1-17-19(33)6-4-8-24(17)48(46,47)42-21-10-9-20(34)28(26(21)35)40-30-29-22(37-16-38-30)11-12-25(39-29)43-23-7-3-2-5-18(23)27(41-43)31(44)36-15-32(45)13-14-32/h2-12,16,42,45H,13-15H2,1H3,(H,36,44)(H,37,38,40). The fraction of sp³-hybridized carbons (Fsp3) is 0.156. The number of carbonyl (C=O) groups excluding carboxylic acids is 1. The molecule has 16 heteroatoms. The Bertz CT molecular complexity index is 2380. The highest BCUT2D eigenvalue weighted by atomic mass is 32.2. The Hall–Kier alpha value is -5.61. The molecule has 12 nitrogen and oxygen atoms in total. The van der Waals surface area contributed by atoms with Gasteiger partial charge in [-0.1, -0.05) is 24.3 Å². The van der Waals surface area contributed by atoms with E-state index in [1.807, 2.05) is 0 Å².